The molecule has 29 heavy (non-hydrogen) atoms. The Kier molecular flexibility index (Phi) is 5.36. The van der Waals surface area contributed by atoms with Crippen LogP contribution in [-0.4, -0.2) is 41.5 Å². The quantitative estimate of drug-likeness (QED) is 0.459. The minimum absolute atomic E-state index is 0.223. The summed E-state index contributed by atoms with van der Waals surface area (Å²) < 4.78 is 2.67. The lowest BCUT2D eigenvalue weighted by Crippen LogP contribution is -2.15. The van der Waals surface area contributed by atoms with E-state index in [1.165, 1.54) is 0 Å². The molecule has 2 aromatic carbocycles. The molecule has 0 saturated heterocycles. The molecule has 4 aromatic rings. The molecule has 0 saturated carbocycles. The molecule has 0 radical (unpaired) electrons. The van der Waals surface area contributed by atoms with Gasteiger partial charge in [-0.3, -0.25) is 4.79 Å². The van der Waals surface area contributed by atoms with Crippen molar-refractivity contribution in [1.29, 1.82) is 0 Å². The summed E-state index contributed by atoms with van der Waals surface area (Å²) in [6.45, 7) is 2.30. The van der Waals surface area contributed by atoms with Crippen molar-refractivity contribution < 1.29 is 4.79 Å². The van der Waals surface area contributed by atoms with Gasteiger partial charge in [0.05, 0.1) is 17.9 Å². The maximum absolute atomic E-state index is 12.8. The number of nitrogens with one attached hydrogen (secondary N) is 2. The van der Waals surface area contributed by atoms with E-state index in [0.717, 1.165) is 10.0 Å². The van der Waals surface area contributed by atoms with E-state index in [-0.39, 0.29) is 5.69 Å². The smallest absolute Gasteiger partial charge is 0.278 e. The van der Waals surface area contributed by atoms with Crippen LogP contribution in [0.5, 0.6) is 0 Å². The normalized spacial score (nSPS) is 10.9. The van der Waals surface area contributed by atoms with E-state index in [4.69, 9.17) is 11.6 Å². The Morgan fingerprint density at radius 2 is 2.00 bits per heavy atom. The highest BCUT2D eigenvalue weighted by atomic mass is 79.9. The second kappa shape index (κ2) is 8.10. The Balaban J connectivity index is 1.58. The Labute approximate surface area is 178 Å². The third kappa shape index (κ3) is 4.17. The molecule has 2 aromatic heterocycles. The molecule has 0 fully saturated rings. The molecule has 9 nitrogen and oxygen atoms in total. The van der Waals surface area contributed by atoms with Crippen molar-refractivity contribution >= 4 is 39.1 Å². The number of benzene rings is 2. The molecule has 11 heteroatoms. The average molecular weight is 474 g/mol. The number of hydrogen-bond donors (Lipinski definition) is 2. The lowest BCUT2D eigenvalue weighted by atomic mass is 10.1. The van der Waals surface area contributed by atoms with Crippen LogP contribution in [0.4, 0.5) is 5.69 Å². The van der Waals surface area contributed by atoms with E-state index in [9.17, 15) is 4.79 Å². The second-order valence-corrected chi connectivity index (χ2v) is 7.54. The topological polar surface area (TPSA) is 114 Å². The molecule has 1 amide bonds. The molecule has 0 aliphatic carbocycles. The van der Waals surface area contributed by atoms with Gasteiger partial charge in [-0.15, -0.1) is 15.3 Å². The summed E-state index contributed by atoms with van der Waals surface area (Å²) in [6, 6.07) is 12.9. The molecule has 0 bridgehead atoms. The summed E-state index contributed by atoms with van der Waals surface area (Å²) >= 11 is 9.51. The van der Waals surface area contributed by atoms with Gasteiger partial charge in [0.25, 0.3) is 5.91 Å². The molecular weight excluding hydrogens is 460 g/mol. The summed E-state index contributed by atoms with van der Waals surface area (Å²) in [7, 11) is 0. The van der Waals surface area contributed by atoms with Crippen molar-refractivity contribution in [3.63, 3.8) is 0 Å². The second-order valence-electron chi connectivity index (χ2n) is 6.19. The van der Waals surface area contributed by atoms with Gasteiger partial charge in [-0.05, 0) is 48.0 Å². The molecule has 0 aliphatic heterocycles. The average Bonchev–Trinajstić information content (AvgIpc) is 3.34. The number of carbonyl (C=O) groups excluding carboxylic acids is 1. The molecule has 0 unspecified atom stereocenters. The number of aromatic nitrogens is 7. The minimum atomic E-state index is -0.406. The van der Waals surface area contributed by atoms with Crippen LogP contribution in [0.15, 0.2) is 46.9 Å². The summed E-state index contributed by atoms with van der Waals surface area (Å²) in [4.78, 5) is 12.8. The Morgan fingerprint density at radius 1 is 1.21 bits per heavy atom. The van der Waals surface area contributed by atoms with E-state index >= 15 is 0 Å². The van der Waals surface area contributed by atoms with E-state index in [0.29, 0.717) is 34.3 Å². The summed E-state index contributed by atoms with van der Waals surface area (Å²) in [5, 5.41) is 25.3. The zero-order valence-corrected chi connectivity index (χ0v) is 17.4. The monoisotopic (exact) mass is 472 g/mol. The Morgan fingerprint density at radius 3 is 2.72 bits per heavy atom. The minimum Gasteiger partial charge on any atom is -0.320 e. The van der Waals surface area contributed by atoms with Gasteiger partial charge in [0.15, 0.2) is 5.69 Å². The van der Waals surface area contributed by atoms with Crippen molar-refractivity contribution in [1.82, 2.24) is 35.6 Å². The molecule has 2 N–H and O–H groups in total. The first-order chi connectivity index (χ1) is 14.0. The van der Waals surface area contributed by atoms with Gasteiger partial charge in [-0.2, -0.15) is 5.21 Å². The number of halogens is 2. The maximum Gasteiger partial charge on any atom is 0.278 e. The first kappa shape index (κ1) is 19.2. The molecule has 0 spiro atoms. The number of rotatable bonds is 5. The highest BCUT2D eigenvalue weighted by Gasteiger charge is 2.19. The van der Waals surface area contributed by atoms with Gasteiger partial charge >= 0.3 is 0 Å². The van der Waals surface area contributed by atoms with Gasteiger partial charge in [0.1, 0.15) is 0 Å². The molecule has 0 atom stereocenters. The van der Waals surface area contributed by atoms with Crippen LogP contribution < -0.4 is 5.32 Å². The van der Waals surface area contributed by atoms with Crippen molar-refractivity contribution in [3.8, 4) is 11.4 Å². The largest absolute Gasteiger partial charge is 0.320 e. The maximum atomic E-state index is 12.8. The van der Waals surface area contributed by atoms with Gasteiger partial charge in [0.2, 0.25) is 5.82 Å². The van der Waals surface area contributed by atoms with Gasteiger partial charge < -0.3 is 5.32 Å². The van der Waals surface area contributed by atoms with Crippen LogP contribution in [0.3, 0.4) is 0 Å². The Bertz CT molecular complexity index is 1160. The van der Waals surface area contributed by atoms with Crippen LogP contribution in [0.2, 0.25) is 5.02 Å². The third-order valence-corrected chi connectivity index (χ3v) is 5.02. The fraction of sp³-hybridized carbons (Fsp3) is 0.111. The van der Waals surface area contributed by atoms with Crippen molar-refractivity contribution in [2.24, 2.45) is 0 Å². The summed E-state index contributed by atoms with van der Waals surface area (Å²) in [5.41, 5.74) is 2.94. The van der Waals surface area contributed by atoms with Crippen LogP contribution in [0, 0.1) is 6.92 Å². The highest BCUT2D eigenvalue weighted by molar-refractivity contribution is 9.10. The summed E-state index contributed by atoms with van der Waals surface area (Å²) in [5.74, 6) is -0.0656. The Hall–Kier alpha value is -3.11. The number of hydrogen-bond acceptors (Lipinski definition) is 6. The van der Waals surface area contributed by atoms with Crippen LogP contribution >= 0.6 is 27.5 Å². The number of anilines is 1. The lowest BCUT2D eigenvalue weighted by molar-refractivity contribution is 0.102. The zero-order valence-electron chi connectivity index (χ0n) is 15.1. The predicted molar refractivity (Wildman–Crippen MR) is 111 cm³/mol. The van der Waals surface area contributed by atoms with Crippen LogP contribution in [0.25, 0.3) is 11.4 Å². The predicted octanol–water partition coefficient (Wildman–Crippen LogP) is 3.48. The molecule has 0 aliphatic rings. The van der Waals surface area contributed by atoms with Crippen molar-refractivity contribution in [2.45, 2.75) is 13.5 Å². The zero-order chi connectivity index (χ0) is 20.4. The number of nitrogens with zero attached hydrogens (tertiary/aromatic N) is 6. The van der Waals surface area contributed by atoms with E-state index in [1.54, 1.807) is 29.8 Å². The van der Waals surface area contributed by atoms with Gasteiger partial charge in [-0.25, -0.2) is 4.68 Å². The van der Waals surface area contributed by atoms with E-state index in [2.05, 4.69) is 52.2 Å². The first-order valence-corrected chi connectivity index (χ1v) is 9.67. The lowest BCUT2D eigenvalue weighted by Gasteiger charge is -2.09. The fourth-order valence-electron chi connectivity index (χ4n) is 2.76. The number of tetrazole rings is 1. The van der Waals surface area contributed by atoms with Crippen molar-refractivity contribution in [3.05, 3.63) is 68.9 Å². The van der Waals surface area contributed by atoms with Crippen LogP contribution in [-0.2, 0) is 6.54 Å². The molecule has 146 valence electrons. The van der Waals surface area contributed by atoms with E-state index in [1.807, 2.05) is 24.3 Å². The SMILES string of the molecule is Cc1c(C(=O)Nc2cc(Cl)ccc2-c2nn[nH]n2)nnn1Cc1ccc(Br)cc1. The first-order valence-electron chi connectivity index (χ1n) is 8.50. The number of amides is 1. The number of aromatic amines is 1. The van der Waals surface area contributed by atoms with Crippen molar-refractivity contribution in [2.75, 3.05) is 5.32 Å². The van der Waals surface area contributed by atoms with E-state index < -0.39 is 5.91 Å². The molecular formula is C18H14BrClN8O. The fourth-order valence-corrected chi connectivity index (χ4v) is 3.19. The number of carbonyl (C=O) groups is 1. The number of H-pyrrole nitrogens is 1. The standard InChI is InChI=1S/C18H14BrClN8O/c1-10-16(22-27-28(10)9-11-2-4-12(19)5-3-11)18(29)21-15-8-13(20)6-7-14(15)17-23-25-26-24-17/h2-8H,9H2,1H3,(H,21,29)(H,23,24,25,26). The summed E-state index contributed by atoms with van der Waals surface area (Å²) in [6.07, 6.45) is 0. The van der Waals surface area contributed by atoms with Gasteiger partial charge in [-0.1, -0.05) is 44.9 Å². The third-order valence-electron chi connectivity index (χ3n) is 4.26. The molecule has 2 heterocycles. The highest BCUT2D eigenvalue weighted by Crippen LogP contribution is 2.28. The van der Waals surface area contributed by atoms with Gasteiger partial charge in [0, 0.05) is 15.1 Å². The van der Waals surface area contributed by atoms with Crippen LogP contribution in [0.1, 0.15) is 21.7 Å². The molecule has 4 rings (SSSR count).